The first-order valence-corrected chi connectivity index (χ1v) is 28.2. The lowest BCUT2D eigenvalue weighted by Gasteiger charge is -2.30. The van der Waals surface area contributed by atoms with E-state index in [0.29, 0.717) is 90.9 Å². The summed E-state index contributed by atoms with van der Waals surface area (Å²) in [5.41, 5.74) is 8.05. The fourth-order valence-electron chi connectivity index (χ4n) is 9.44. The van der Waals surface area contributed by atoms with Gasteiger partial charge in [-0.3, -0.25) is 42.7 Å². The molecule has 2 aliphatic heterocycles. The van der Waals surface area contributed by atoms with Crippen molar-refractivity contribution in [2.75, 3.05) is 32.8 Å². The molecular weight excluding hydrogens is 1090 g/mol. The van der Waals surface area contributed by atoms with Crippen LogP contribution in [0.3, 0.4) is 0 Å². The molecule has 2 aromatic carbocycles. The van der Waals surface area contributed by atoms with E-state index >= 15 is 8.63 Å². The molecule has 0 saturated carbocycles. The molecule has 0 spiro atoms. The van der Waals surface area contributed by atoms with Crippen LogP contribution in [0.25, 0.3) is 40.8 Å². The molecule has 26 heteroatoms. The van der Waals surface area contributed by atoms with Gasteiger partial charge < -0.3 is 64.4 Å². The van der Waals surface area contributed by atoms with Crippen LogP contribution in [0.15, 0.2) is 106 Å². The third-order valence-corrected chi connectivity index (χ3v) is 14.4. The number of carbonyl (C=O) groups is 6. The van der Waals surface area contributed by atoms with Gasteiger partial charge in [0.05, 0.1) is 11.3 Å². The number of amides is 6. The summed E-state index contributed by atoms with van der Waals surface area (Å²) in [4.78, 5) is 110. The van der Waals surface area contributed by atoms with Crippen LogP contribution >= 0.6 is 11.3 Å². The fraction of sp³-hybridized carbons (Fsp3) is 0.333. The number of aromatic nitrogens is 5. The standard InChI is InChI=1S/C57H65BF2N12O10S/c1-4-29-69-53-51(56(79)70(30-5-2)57(69)80)67-52(68-53)38-15-23-43(24-16-38)82-35-50(76)63-27-28-64-55(78)44(33-47(61)73)66-54(77)36(3)65-48(74)11-7-6-8-26-62-49(75)34-81-42-21-13-37(14-22-42)12-17-39-18-19-40-32-41-20-25-45(46-10-9-31-83-46)72(41)58(59,60)71(39)40/h9-10,12-25,31-32,36,44H,4-8,11,26-30,33-35H2,1-3H3,(H2,61,73)(H,62,75)(H,63,76)(H,64,78)(H,65,74)(H,66,77)(H,67,68)/b17-12+/t36-,44-/m0/s1. The smallest absolute Gasteiger partial charge is 0.484 e. The molecular formula is C57H65BF2N12O10S. The van der Waals surface area contributed by atoms with Gasteiger partial charge in [0.2, 0.25) is 23.6 Å². The number of primary amides is 1. The summed E-state index contributed by atoms with van der Waals surface area (Å²) in [5, 5.41) is 14.8. The highest BCUT2D eigenvalue weighted by Crippen LogP contribution is 2.35. The fourth-order valence-corrected chi connectivity index (χ4v) is 10.2. The van der Waals surface area contributed by atoms with E-state index in [-0.39, 0.29) is 56.3 Å². The molecule has 8 rings (SSSR count). The van der Waals surface area contributed by atoms with Crippen LogP contribution in [-0.4, -0.2) is 121 Å². The molecule has 0 radical (unpaired) electrons. The number of ether oxygens (including phenoxy) is 2. The first kappa shape index (κ1) is 59.9. The minimum absolute atomic E-state index is 0.0221. The van der Waals surface area contributed by atoms with Crippen molar-refractivity contribution in [3.8, 4) is 22.9 Å². The Labute approximate surface area is 479 Å². The number of carbonyl (C=O) groups excluding carboxylic acids is 6. The summed E-state index contributed by atoms with van der Waals surface area (Å²) in [6.07, 6.45) is 11.0. The Kier molecular flexibility index (Phi) is 19.9. The molecule has 6 heterocycles. The lowest BCUT2D eigenvalue weighted by atomic mass is 9.90. The van der Waals surface area contributed by atoms with Crippen LogP contribution in [0.4, 0.5) is 8.63 Å². The maximum absolute atomic E-state index is 16.2. The van der Waals surface area contributed by atoms with E-state index in [4.69, 9.17) is 15.2 Å². The van der Waals surface area contributed by atoms with Gasteiger partial charge in [0.1, 0.15) is 34.9 Å². The molecule has 2 atom stereocenters. The number of unbranched alkanes of at least 4 members (excludes halogenated alkanes) is 2. The molecule has 0 saturated heterocycles. The lowest BCUT2D eigenvalue weighted by Crippen LogP contribution is -2.54. The Balaban J connectivity index is 0.680. The first-order chi connectivity index (χ1) is 39.9. The quantitative estimate of drug-likeness (QED) is 0.0257. The molecule has 83 heavy (non-hydrogen) atoms. The van der Waals surface area contributed by atoms with Crippen molar-refractivity contribution in [2.24, 2.45) is 5.73 Å². The Morgan fingerprint density at radius 3 is 2.13 bits per heavy atom. The molecule has 436 valence electrons. The van der Waals surface area contributed by atoms with Gasteiger partial charge in [0.15, 0.2) is 30.3 Å². The third kappa shape index (κ3) is 14.8. The van der Waals surface area contributed by atoms with Gasteiger partial charge in [-0.05, 0) is 104 Å². The summed E-state index contributed by atoms with van der Waals surface area (Å²) < 4.78 is 48.5. The first-order valence-electron chi connectivity index (χ1n) is 27.4. The van der Waals surface area contributed by atoms with Crippen molar-refractivity contribution in [1.82, 2.24) is 50.2 Å². The summed E-state index contributed by atoms with van der Waals surface area (Å²) >= 11 is 1.41. The van der Waals surface area contributed by atoms with Crippen LogP contribution in [0.1, 0.15) is 87.5 Å². The normalized spacial score (nSPS) is 13.9. The number of hydrogen-bond donors (Lipinski definition) is 7. The Hall–Kier alpha value is -9.20. The molecule has 6 aromatic rings. The van der Waals surface area contributed by atoms with E-state index in [1.54, 1.807) is 91.0 Å². The van der Waals surface area contributed by atoms with Crippen LogP contribution in [0.5, 0.6) is 11.5 Å². The lowest BCUT2D eigenvalue weighted by molar-refractivity contribution is -0.360. The maximum Gasteiger partial charge on any atom is 0.737 e. The number of aryl methyl sites for hydroxylation is 1. The van der Waals surface area contributed by atoms with Crippen molar-refractivity contribution in [2.45, 2.75) is 90.9 Å². The molecule has 4 aromatic heterocycles. The van der Waals surface area contributed by atoms with Gasteiger partial charge in [-0.25, -0.2) is 9.78 Å². The van der Waals surface area contributed by atoms with Crippen molar-refractivity contribution in [3.63, 3.8) is 0 Å². The minimum atomic E-state index is -4.17. The molecule has 8 N–H and O–H groups in total. The van der Waals surface area contributed by atoms with E-state index in [9.17, 15) is 38.4 Å². The minimum Gasteiger partial charge on any atom is -0.484 e. The highest BCUT2D eigenvalue weighted by molar-refractivity contribution is 7.12. The molecule has 2 aliphatic rings. The second kappa shape index (κ2) is 27.5. The number of allylic oxidation sites excluding steroid dienone is 2. The number of imidazole rings is 1. The topological polar surface area (TPSA) is 288 Å². The molecule has 0 aliphatic carbocycles. The van der Waals surface area contributed by atoms with E-state index < -0.39 is 66.3 Å². The highest BCUT2D eigenvalue weighted by Gasteiger charge is 2.52. The number of thiophene rings is 1. The third-order valence-electron chi connectivity index (χ3n) is 13.5. The monoisotopic (exact) mass is 1160 g/mol. The Morgan fingerprint density at radius 1 is 0.783 bits per heavy atom. The van der Waals surface area contributed by atoms with Crippen LogP contribution in [0.2, 0.25) is 0 Å². The number of rotatable bonds is 29. The van der Waals surface area contributed by atoms with E-state index in [1.165, 1.54) is 27.4 Å². The molecule has 6 amide bonds. The van der Waals surface area contributed by atoms with Gasteiger partial charge >= 0.3 is 12.7 Å². The largest absolute Gasteiger partial charge is 0.737 e. The summed E-state index contributed by atoms with van der Waals surface area (Å²) in [6, 6.07) is 18.1. The second-order valence-corrected chi connectivity index (χ2v) is 20.7. The summed E-state index contributed by atoms with van der Waals surface area (Å²) in [5.74, 6) is -2.42. The average molecular weight is 1160 g/mol. The Morgan fingerprint density at radius 2 is 1.46 bits per heavy atom. The van der Waals surface area contributed by atoms with E-state index in [2.05, 4.69) is 36.6 Å². The predicted octanol–water partition coefficient (Wildman–Crippen LogP) is 4.29. The number of fused-ring (bicyclic) bond motifs is 3. The average Bonchev–Trinajstić information content (AvgIpc) is 2.28. The zero-order valence-corrected chi connectivity index (χ0v) is 46.9. The zero-order chi connectivity index (χ0) is 59.2. The summed E-state index contributed by atoms with van der Waals surface area (Å²) in [6.45, 7) is 1.39. The Bertz CT molecular complexity index is 3620. The number of nitrogens with two attached hydrogens (primary N) is 1. The van der Waals surface area contributed by atoms with Crippen LogP contribution in [0, 0.1) is 0 Å². The number of hydrogen-bond acceptors (Lipinski definition) is 12. The predicted molar refractivity (Wildman–Crippen MR) is 311 cm³/mol. The SMILES string of the molecule is CCCn1c(=O)c2[nH]c(-c3ccc(OCC(=O)NCCNC(=O)[C@H](CC(N)=O)NC(=O)[C@H](C)NC(=O)CCCCCNC(=O)COc4ccc(/C=C/c5ccc6n5[B-](F)(F)[N+]5=C(c7cccs7)C=CC5=C6)cc4)cc3)nc2n(CCC)c1=O. The second-order valence-electron chi connectivity index (χ2n) is 19.8. The van der Waals surface area contributed by atoms with Crippen LogP contribution in [-0.2, 0) is 41.9 Å². The number of halogens is 2. The molecule has 22 nitrogen and oxygen atoms in total. The number of H-pyrrole nitrogens is 1. The van der Waals surface area contributed by atoms with Crippen molar-refractivity contribution in [3.05, 3.63) is 139 Å². The van der Waals surface area contributed by atoms with Gasteiger partial charge in [-0.15, -0.1) is 11.3 Å². The van der Waals surface area contributed by atoms with Crippen molar-refractivity contribution in [1.29, 1.82) is 0 Å². The maximum atomic E-state index is 16.2. The molecule has 0 bridgehead atoms. The molecule has 0 fully saturated rings. The zero-order valence-electron chi connectivity index (χ0n) is 46.1. The number of benzene rings is 2. The molecule has 0 unspecified atom stereocenters. The number of nitrogens with one attached hydrogen (secondary N) is 6. The van der Waals surface area contributed by atoms with Crippen molar-refractivity contribution < 1.29 is 51.4 Å². The van der Waals surface area contributed by atoms with E-state index in [0.717, 1.165) is 19.4 Å². The number of nitrogens with zero attached hydrogens (tertiary/aromatic N) is 5. The summed E-state index contributed by atoms with van der Waals surface area (Å²) in [7, 11) is 0. The highest BCUT2D eigenvalue weighted by atomic mass is 32.1. The van der Waals surface area contributed by atoms with Crippen molar-refractivity contribution >= 4 is 88.9 Å². The van der Waals surface area contributed by atoms with Gasteiger partial charge in [0.25, 0.3) is 17.4 Å². The van der Waals surface area contributed by atoms with Gasteiger partial charge in [0, 0.05) is 74.3 Å². The van der Waals surface area contributed by atoms with Gasteiger partial charge in [-0.2, -0.15) is 0 Å². The van der Waals surface area contributed by atoms with Crippen LogP contribution < -0.4 is 53.0 Å². The van der Waals surface area contributed by atoms with Gasteiger partial charge in [-0.1, -0.05) is 44.5 Å². The van der Waals surface area contributed by atoms with E-state index in [1.807, 2.05) is 31.4 Å². The number of aromatic amines is 1.